The van der Waals surface area contributed by atoms with Gasteiger partial charge in [0, 0.05) is 11.6 Å². The molecule has 1 saturated heterocycles. The van der Waals surface area contributed by atoms with E-state index >= 15 is 0 Å². The Hall–Kier alpha value is -0.740. The SMILES string of the molecule is COc1cccc(F)c1C(C)NCC1CCSC1. The van der Waals surface area contributed by atoms with Crippen molar-refractivity contribution in [1.29, 1.82) is 0 Å². The molecule has 0 spiro atoms. The summed E-state index contributed by atoms with van der Waals surface area (Å²) < 4.78 is 19.1. The molecule has 0 bridgehead atoms. The molecule has 0 saturated carbocycles. The summed E-state index contributed by atoms with van der Waals surface area (Å²) in [6, 6.07) is 4.95. The molecule has 0 aliphatic carbocycles. The third kappa shape index (κ3) is 3.18. The van der Waals surface area contributed by atoms with Crippen LogP contribution >= 0.6 is 11.8 Å². The van der Waals surface area contributed by atoms with Gasteiger partial charge in [-0.1, -0.05) is 6.07 Å². The molecule has 1 heterocycles. The second kappa shape index (κ2) is 6.43. The molecule has 1 fully saturated rings. The number of hydrogen-bond acceptors (Lipinski definition) is 3. The van der Waals surface area contributed by atoms with Gasteiger partial charge < -0.3 is 10.1 Å². The van der Waals surface area contributed by atoms with Crippen molar-refractivity contribution in [2.45, 2.75) is 19.4 Å². The topological polar surface area (TPSA) is 21.3 Å². The van der Waals surface area contributed by atoms with Gasteiger partial charge in [0.25, 0.3) is 0 Å². The number of benzene rings is 1. The molecule has 1 aliphatic rings. The number of ether oxygens (including phenoxy) is 1. The van der Waals surface area contributed by atoms with Gasteiger partial charge in [0.15, 0.2) is 0 Å². The van der Waals surface area contributed by atoms with Gasteiger partial charge in [-0.2, -0.15) is 11.8 Å². The molecule has 0 radical (unpaired) electrons. The fourth-order valence-corrected chi connectivity index (χ4v) is 3.59. The minimum Gasteiger partial charge on any atom is -0.496 e. The van der Waals surface area contributed by atoms with Crippen molar-refractivity contribution in [3.8, 4) is 5.75 Å². The molecule has 1 N–H and O–H groups in total. The smallest absolute Gasteiger partial charge is 0.131 e. The lowest BCUT2D eigenvalue weighted by Gasteiger charge is -2.19. The highest BCUT2D eigenvalue weighted by Gasteiger charge is 2.19. The van der Waals surface area contributed by atoms with E-state index in [0.717, 1.165) is 12.5 Å². The summed E-state index contributed by atoms with van der Waals surface area (Å²) in [5.74, 6) is 3.61. The van der Waals surface area contributed by atoms with Crippen LogP contribution in [0.15, 0.2) is 18.2 Å². The molecular formula is C14H20FNOS. The molecule has 100 valence electrons. The third-order valence-electron chi connectivity index (χ3n) is 3.40. The second-order valence-corrected chi connectivity index (χ2v) is 5.87. The molecule has 2 unspecified atom stereocenters. The van der Waals surface area contributed by atoms with E-state index in [1.165, 1.54) is 24.0 Å². The van der Waals surface area contributed by atoms with Crippen LogP contribution in [-0.2, 0) is 0 Å². The van der Waals surface area contributed by atoms with E-state index in [0.29, 0.717) is 11.3 Å². The van der Waals surface area contributed by atoms with Gasteiger partial charge in [0.1, 0.15) is 11.6 Å². The molecule has 0 aromatic heterocycles. The molecule has 0 amide bonds. The van der Waals surface area contributed by atoms with Crippen LogP contribution in [-0.4, -0.2) is 25.2 Å². The van der Waals surface area contributed by atoms with Gasteiger partial charge in [0.2, 0.25) is 0 Å². The predicted molar refractivity (Wildman–Crippen MR) is 74.8 cm³/mol. The Morgan fingerprint density at radius 1 is 1.56 bits per heavy atom. The summed E-state index contributed by atoms with van der Waals surface area (Å²) >= 11 is 2.00. The Kier molecular flexibility index (Phi) is 4.89. The minimum absolute atomic E-state index is 0.0215. The summed E-state index contributed by atoms with van der Waals surface area (Å²) in [5.41, 5.74) is 0.630. The maximum atomic E-state index is 13.9. The van der Waals surface area contributed by atoms with Crippen LogP contribution in [0.1, 0.15) is 24.9 Å². The third-order valence-corrected chi connectivity index (χ3v) is 4.63. The lowest BCUT2D eigenvalue weighted by molar-refractivity contribution is 0.389. The van der Waals surface area contributed by atoms with E-state index in [2.05, 4.69) is 5.32 Å². The van der Waals surface area contributed by atoms with Crippen LogP contribution < -0.4 is 10.1 Å². The normalized spacial score (nSPS) is 20.9. The molecular weight excluding hydrogens is 249 g/mol. The summed E-state index contributed by atoms with van der Waals surface area (Å²) in [4.78, 5) is 0. The number of hydrogen-bond donors (Lipinski definition) is 1. The fraction of sp³-hybridized carbons (Fsp3) is 0.571. The summed E-state index contributed by atoms with van der Waals surface area (Å²) in [7, 11) is 1.58. The first-order valence-electron chi connectivity index (χ1n) is 6.36. The highest BCUT2D eigenvalue weighted by molar-refractivity contribution is 7.99. The van der Waals surface area contributed by atoms with Crippen LogP contribution in [0.4, 0.5) is 4.39 Å². The quantitative estimate of drug-likeness (QED) is 0.886. The molecule has 18 heavy (non-hydrogen) atoms. The minimum atomic E-state index is -0.199. The Labute approximate surface area is 112 Å². The van der Waals surface area contributed by atoms with E-state index in [1.807, 2.05) is 24.8 Å². The Balaban J connectivity index is 2.01. The molecule has 2 rings (SSSR count). The van der Waals surface area contributed by atoms with Crippen molar-refractivity contribution < 1.29 is 9.13 Å². The molecule has 1 aromatic carbocycles. The van der Waals surface area contributed by atoms with Gasteiger partial charge in [-0.15, -0.1) is 0 Å². The molecule has 2 nitrogen and oxygen atoms in total. The average Bonchev–Trinajstić information content (AvgIpc) is 2.88. The first kappa shape index (κ1) is 13.7. The summed E-state index contributed by atoms with van der Waals surface area (Å²) in [6.07, 6.45) is 1.26. The van der Waals surface area contributed by atoms with Crippen LogP contribution in [0, 0.1) is 11.7 Å². The van der Waals surface area contributed by atoms with Crippen molar-refractivity contribution in [3.05, 3.63) is 29.6 Å². The van der Waals surface area contributed by atoms with Crippen molar-refractivity contribution in [3.63, 3.8) is 0 Å². The Morgan fingerprint density at radius 2 is 2.39 bits per heavy atom. The van der Waals surface area contributed by atoms with E-state index in [1.54, 1.807) is 13.2 Å². The standard InChI is InChI=1S/C14H20FNOS/c1-10(16-8-11-6-7-18-9-11)14-12(15)4-3-5-13(14)17-2/h3-5,10-11,16H,6-9H2,1-2H3. The number of nitrogens with one attached hydrogen (secondary N) is 1. The van der Waals surface area contributed by atoms with Gasteiger partial charge in [-0.25, -0.2) is 4.39 Å². The molecule has 2 atom stereocenters. The van der Waals surface area contributed by atoms with E-state index in [4.69, 9.17) is 4.74 Å². The lowest BCUT2D eigenvalue weighted by Crippen LogP contribution is -2.26. The Morgan fingerprint density at radius 3 is 3.06 bits per heavy atom. The van der Waals surface area contributed by atoms with Gasteiger partial charge in [-0.3, -0.25) is 0 Å². The van der Waals surface area contributed by atoms with Gasteiger partial charge in [-0.05, 0) is 49.4 Å². The van der Waals surface area contributed by atoms with Crippen LogP contribution in [0.25, 0.3) is 0 Å². The first-order chi connectivity index (χ1) is 8.72. The number of thioether (sulfide) groups is 1. The second-order valence-electron chi connectivity index (χ2n) is 4.72. The van der Waals surface area contributed by atoms with E-state index in [9.17, 15) is 4.39 Å². The van der Waals surface area contributed by atoms with Crippen molar-refractivity contribution in [1.82, 2.24) is 5.32 Å². The monoisotopic (exact) mass is 269 g/mol. The lowest BCUT2D eigenvalue weighted by atomic mass is 10.0. The molecule has 1 aromatic rings. The van der Waals surface area contributed by atoms with Crippen molar-refractivity contribution in [2.75, 3.05) is 25.2 Å². The van der Waals surface area contributed by atoms with Crippen LogP contribution in [0.5, 0.6) is 5.75 Å². The van der Waals surface area contributed by atoms with E-state index < -0.39 is 0 Å². The maximum Gasteiger partial charge on any atom is 0.131 e. The van der Waals surface area contributed by atoms with Gasteiger partial charge >= 0.3 is 0 Å². The van der Waals surface area contributed by atoms with Crippen molar-refractivity contribution in [2.24, 2.45) is 5.92 Å². The number of methoxy groups -OCH3 is 1. The number of halogens is 1. The predicted octanol–water partition coefficient (Wildman–Crippen LogP) is 3.24. The maximum absolute atomic E-state index is 13.9. The summed E-state index contributed by atoms with van der Waals surface area (Å²) in [5, 5.41) is 3.42. The zero-order valence-electron chi connectivity index (χ0n) is 10.9. The zero-order chi connectivity index (χ0) is 13.0. The fourth-order valence-electron chi connectivity index (χ4n) is 2.31. The van der Waals surface area contributed by atoms with Crippen LogP contribution in [0.2, 0.25) is 0 Å². The first-order valence-corrected chi connectivity index (χ1v) is 7.51. The van der Waals surface area contributed by atoms with Crippen molar-refractivity contribution >= 4 is 11.8 Å². The summed E-state index contributed by atoms with van der Waals surface area (Å²) in [6.45, 7) is 2.94. The molecule has 4 heteroatoms. The Bertz CT molecular complexity index is 393. The number of rotatable bonds is 5. The molecule has 1 aliphatic heterocycles. The van der Waals surface area contributed by atoms with Gasteiger partial charge in [0.05, 0.1) is 7.11 Å². The van der Waals surface area contributed by atoms with E-state index in [-0.39, 0.29) is 11.9 Å². The highest BCUT2D eigenvalue weighted by Crippen LogP contribution is 2.28. The highest BCUT2D eigenvalue weighted by atomic mass is 32.2. The average molecular weight is 269 g/mol. The van der Waals surface area contributed by atoms with Crippen LogP contribution in [0.3, 0.4) is 0 Å². The zero-order valence-corrected chi connectivity index (χ0v) is 11.7. The largest absolute Gasteiger partial charge is 0.496 e.